The fourth-order valence-electron chi connectivity index (χ4n) is 1.78. The van der Waals surface area contributed by atoms with Gasteiger partial charge in [-0.05, 0) is 0 Å². The number of nitrogens with zero attached hydrogens (tertiary/aromatic N) is 1. The molecule has 3 rings (SSSR count). The molecule has 0 saturated heterocycles. The van der Waals surface area contributed by atoms with Gasteiger partial charge in [0.2, 0.25) is 5.78 Å². The van der Waals surface area contributed by atoms with Gasteiger partial charge in [-0.15, -0.1) is 11.6 Å². The van der Waals surface area contributed by atoms with Crippen LogP contribution in [-0.2, 0) is 15.1 Å². The Labute approximate surface area is 188 Å². The van der Waals surface area contributed by atoms with Gasteiger partial charge in [0.25, 0.3) is 0 Å². The molecule has 2 aromatic rings. The summed E-state index contributed by atoms with van der Waals surface area (Å²) in [7, 11) is 9.90. The molecule has 0 spiro atoms. The standard InChI is InChI=1S/C8H6O4.C6H6O3.C2H2ClN.CH4.2ClH.Zn/c9-4-1-5(10)8-6(11)3-12-7(8)2-4;7-4-1-5(8)3-6(9)2-4;3-1-2-4;;;;/h1-2,9-10H,3H2;1-3,7-9H;1H2;1H4;2*1H;/q;;;;;;+2/p-2. The Morgan fingerprint density at radius 2 is 1.34 bits per heavy atom. The minimum atomic E-state index is -0.931. The van der Waals surface area contributed by atoms with Gasteiger partial charge in [-0.3, -0.25) is 4.79 Å². The molecule has 12 heteroatoms. The van der Waals surface area contributed by atoms with Crippen LogP contribution in [0, 0.1) is 11.3 Å². The maximum absolute atomic E-state index is 11.0. The molecule has 0 radical (unpaired) electrons. The number of ketones is 1. The summed E-state index contributed by atoms with van der Waals surface area (Å²) in [6.07, 6.45) is 0. The van der Waals surface area contributed by atoms with Crippen molar-refractivity contribution in [2.75, 3.05) is 12.5 Å². The van der Waals surface area contributed by atoms with Crippen molar-refractivity contribution in [2.45, 2.75) is 7.43 Å². The number of benzene rings is 2. The first kappa shape index (κ1) is 29.1. The number of fused-ring (bicyclic) bond motifs is 1. The Morgan fingerprint density at radius 1 is 0.966 bits per heavy atom. The number of hydrogen-bond acceptors (Lipinski definition) is 8. The Kier molecular flexibility index (Phi) is 15.8. The number of carbonyl (C=O) groups excluding carboxylic acids is 1. The van der Waals surface area contributed by atoms with E-state index in [2.05, 4.69) is 0 Å². The molecule has 0 atom stereocenters. The van der Waals surface area contributed by atoms with Crippen LogP contribution in [0.4, 0.5) is 0 Å². The number of halogens is 3. The molecule has 29 heavy (non-hydrogen) atoms. The number of phenols is 5. The predicted molar refractivity (Wildman–Crippen MR) is 106 cm³/mol. The zero-order chi connectivity index (χ0) is 21.7. The molecule has 0 amide bonds. The molecule has 1 heterocycles. The molecule has 0 aliphatic carbocycles. The third-order valence-electron chi connectivity index (χ3n) is 2.65. The third-order valence-corrected chi connectivity index (χ3v) is 2.77. The van der Waals surface area contributed by atoms with Gasteiger partial charge < -0.3 is 30.3 Å². The summed E-state index contributed by atoms with van der Waals surface area (Å²) in [6.45, 7) is -0.0631. The molecular weight excluding hydrogens is 502 g/mol. The maximum atomic E-state index is 11.0. The zero-order valence-electron chi connectivity index (χ0n) is 14.1. The number of hydrogen-bond donors (Lipinski definition) is 5. The molecule has 1 aliphatic heterocycles. The third kappa shape index (κ3) is 11.5. The van der Waals surface area contributed by atoms with Crippen molar-refractivity contribution in [3.05, 3.63) is 35.9 Å². The van der Waals surface area contributed by atoms with E-state index in [-0.39, 0.29) is 65.8 Å². The van der Waals surface area contributed by atoms with E-state index in [1.54, 1.807) is 6.07 Å². The summed E-state index contributed by atoms with van der Waals surface area (Å²) in [5.74, 6) is -0.694. The van der Waals surface area contributed by atoms with E-state index in [1.165, 1.54) is 6.07 Å². The Hall–Kier alpha value is -2.11. The van der Waals surface area contributed by atoms with Crippen molar-refractivity contribution in [1.82, 2.24) is 0 Å². The van der Waals surface area contributed by atoms with Crippen LogP contribution in [0.2, 0.25) is 0 Å². The van der Waals surface area contributed by atoms with Crippen molar-refractivity contribution >= 4 is 36.8 Å². The minimum absolute atomic E-state index is 0. The number of ether oxygens (including phenoxy) is 1. The Balaban J connectivity index is 0. The molecule has 5 N–H and O–H groups in total. The van der Waals surface area contributed by atoms with Crippen LogP contribution >= 0.6 is 31.0 Å². The average molecular weight is 520 g/mol. The number of aromatic hydroxyl groups is 5. The average Bonchev–Trinajstić information content (AvgIpc) is 2.96. The van der Waals surface area contributed by atoms with E-state index in [0.717, 1.165) is 24.3 Å². The first-order valence-corrected chi connectivity index (χ1v) is 15.5. The number of Topliss-reactive ketones (excluding diaryl/α,β-unsaturated/α-hetero) is 1. The summed E-state index contributed by atoms with van der Waals surface area (Å²) in [4.78, 5) is 11.0. The first-order chi connectivity index (χ1) is 13.2. The van der Waals surface area contributed by atoms with Crippen molar-refractivity contribution in [1.29, 1.82) is 5.26 Å². The van der Waals surface area contributed by atoms with Gasteiger partial charge in [-0.25, -0.2) is 0 Å². The van der Waals surface area contributed by atoms with Crippen molar-refractivity contribution in [3.8, 4) is 40.6 Å². The fourth-order valence-corrected chi connectivity index (χ4v) is 1.78. The summed E-state index contributed by atoms with van der Waals surface area (Å²) < 4.78 is 4.90. The molecular formula is C17H18Cl3NO7Zn. The number of nitriles is 1. The fraction of sp³-hybridized carbons (Fsp3) is 0.176. The van der Waals surface area contributed by atoms with Crippen LogP contribution < -0.4 is 4.74 Å². The second-order valence-corrected chi connectivity index (χ2v) is 9.54. The van der Waals surface area contributed by atoms with Crippen LogP contribution in [0.25, 0.3) is 0 Å². The Morgan fingerprint density at radius 3 is 1.72 bits per heavy atom. The van der Waals surface area contributed by atoms with E-state index < -0.39 is 15.1 Å². The van der Waals surface area contributed by atoms with E-state index >= 15 is 0 Å². The van der Waals surface area contributed by atoms with Crippen LogP contribution in [0.15, 0.2) is 30.3 Å². The molecule has 156 valence electrons. The molecule has 0 unspecified atom stereocenters. The van der Waals surface area contributed by atoms with Crippen LogP contribution in [0.5, 0.6) is 34.5 Å². The number of phenolic OH excluding ortho intramolecular Hbond substituents is 5. The SMILES string of the molecule is C.N#CCCl.O=C1COc2cc(O)cc(O)c21.Oc1cc(O)cc(O)c1.[Cl][Zn][Cl]. The summed E-state index contributed by atoms with van der Waals surface area (Å²) >= 11 is 3.89. The van der Waals surface area contributed by atoms with Crippen molar-refractivity contribution in [2.24, 2.45) is 0 Å². The summed E-state index contributed by atoms with van der Waals surface area (Å²) in [6, 6.07) is 7.53. The van der Waals surface area contributed by atoms with E-state index in [1.807, 2.05) is 0 Å². The molecule has 0 saturated carbocycles. The van der Waals surface area contributed by atoms with Gasteiger partial charge in [-0.2, -0.15) is 5.26 Å². The molecule has 8 nitrogen and oxygen atoms in total. The Bertz CT molecular complexity index is 781. The van der Waals surface area contributed by atoms with Gasteiger partial charge in [0.15, 0.2) is 6.61 Å². The second-order valence-electron chi connectivity index (χ2n) is 4.65. The van der Waals surface area contributed by atoms with E-state index in [0.29, 0.717) is 0 Å². The summed E-state index contributed by atoms with van der Waals surface area (Å²) in [5.41, 5.74) is 0.160. The number of rotatable bonds is 0. The molecule has 1 aliphatic rings. The van der Waals surface area contributed by atoms with E-state index in [9.17, 15) is 9.90 Å². The molecule has 0 fully saturated rings. The zero-order valence-corrected chi connectivity index (χ0v) is 19.4. The predicted octanol–water partition coefficient (Wildman–Crippen LogP) is 4.24. The van der Waals surface area contributed by atoms with Crippen molar-refractivity contribution in [3.63, 3.8) is 0 Å². The van der Waals surface area contributed by atoms with Gasteiger partial charge in [0.1, 0.15) is 45.9 Å². The van der Waals surface area contributed by atoms with Crippen LogP contribution in [-0.4, -0.2) is 43.8 Å². The quantitative estimate of drug-likeness (QED) is 0.256. The first-order valence-electron chi connectivity index (χ1n) is 7.18. The van der Waals surface area contributed by atoms with Gasteiger partial charge in [-0.1, -0.05) is 7.43 Å². The molecule has 2 aromatic carbocycles. The van der Waals surface area contributed by atoms with Crippen LogP contribution in [0.1, 0.15) is 17.8 Å². The van der Waals surface area contributed by atoms with Crippen LogP contribution in [0.3, 0.4) is 0 Å². The van der Waals surface area contributed by atoms with Gasteiger partial charge in [0, 0.05) is 30.3 Å². The molecule has 0 bridgehead atoms. The normalized spacial score (nSPS) is 9.79. The summed E-state index contributed by atoms with van der Waals surface area (Å²) in [5, 5.41) is 51.7. The topological polar surface area (TPSA) is 151 Å². The van der Waals surface area contributed by atoms with Gasteiger partial charge in [0.05, 0.1) is 6.07 Å². The second kappa shape index (κ2) is 15.8. The van der Waals surface area contributed by atoms with Crippen molar-refractivity contribution < 1.29 is 50.2 Å². The monoisotopic (exact) mass is 517 g/mol. The number of carbonyl (C=O) groups is 1. The van der Waals surface area contributed by atoms with Gasteiger partial charge >= 0.3 is 34.5 Å². The van der Waals surface area contributed by atoms with E-state index in [4.69, 9.17) is 61.4 Å². The molecule has 0 aromatic heterocycles. The number of alkyl halides is 1.